The Hall–Kier alpha value is -3.18. The second-order valence-corrected chi connectivity index (χ2v) is 15.2. The Morgan fingerprint density at radius 1 is 0.939 bits per heavy atom. The van der Waals surface area contributed by atoms with Crippen molar-refractivity contribution in [2.45, 2.75) is 99.8 Å². The molecule has 2 aromatic carbocycles. The second kappa shape index (κ2) is 18.2. The maximum absolute atomic E-state index is 11.7. The van der Waals surface area contributed by atoms with E-state index in [0.717, 1.165) is 59.8 Å². The Morgan fingerprint density at radius 3 is 2.24 bits per heavy atom. The summed E-state index contributed by atoms with van der Waals surface area (Å²) in [5.74, 6) is 1.17. The molecule has 0 bridgehead atoms. The number of fused-ring (bicyclic) bond motifs is 2. The molecule has 5 rings (SSSR count). The largest absolute Gasteiger partial charge is 0.512 e. The summed E-state index contributed by atoms with van der Waals surface area (Å²) in [5, 5.41) is 14.4. The van der Waals surface area contributed by atoms with E-state index in [1.54, 1.807) is 11.3 Å². The van der Waals surface area contributed by atoms with E-state index in [1.807, 2.05) is 40.1 Å². The van der Waals surface area contributed by atoms with Crippen LogP contribution in [0.25, 0.3) is 43.4 Å². The molecule has 1 radical (unpaired) electrons. The van der Waals surface area contributed by atoms with E-state index in [-0.39, 0.29) is 48.9 Å². The van der Waals surface area contributed by atoms with Gasteiger partial charge in [0.05, 0.1) is 16.0 Å². The molecule has 263 valence electrons. The fourth-order valence-electron chi connectivity index (χ4n) is 6.26. The van der Waals surface area contributed by atoms with Crippen LogP contribution in [0.3, 0.4) is 0 Å². The van der Waals surface area contributed by atoms with Crippen molar-refractivity contribution in [1.29, 1.82) is 0 Å². The normalized spacial score (nSPS) is 12.0. The summed E-state index contributed by atoms with van der Waals surface area (Å²) < 4.78 is 1.24. The number of aromatic nitrogens is 2. The number of pyridine rings is 2. The van der Waals surface area contributed by atoms with Gasteiger partial charge in [-0.3, -0.25) is 14.8 Å². The maximum Gasteiger partial charge on any atom is 0.162 e. The zero-order chi connectivity index (χ0) is 35.0. The number of nitrogens with zero attached hydrogens (tertiary/aromatic N) is 2. The first kappa shape index (κ1) is 40.3. The summed E-state index contributed by atoms with van der Waals surface area (Å²) in [6, 6.07) is 20.9. The number of allylic oxidation sites excluding steroid dienone is 2. The molecule has 0 aliphatic carbocycles. The number of ketones is 1. The molecule has 0 amide bonds. The molecule has 49 heavy (non-hydrogen) atoms. The molecule has 0 unspecified atom stereocenters. The van der Waals surface area contributed by atoms with Crippen LogP contribution >= 0.6 is 11.3 Å². The maximum atomic E-state index is 11.7. The molecule has 0 atom stereocenters. The molecule has 1 N–H and O–H groups in total. The number of aliphatic hydroxyl groups is 1. The number of hydrogen-bond acceptors (Lipinski definition) is 5. The molecular weight excluding hydrogens is 801 g/mol. The smallest absolute Gasteiger partial charge is 0.162 e. The van der Waals surface area contributed by atoms with Gasteiger partial charge in [0.15, 0.2) is 5.78 Å². The van der Waals surface area contributed by atoms with Gasteiger partial charge in [0, 0.05) is 67.0 Å². The van der Waals surface area contributed by atoms with Crippen molar-refractivity contribution in [3.05, 3.63) is 95.3 Å². The molecule has 3 heterocycles. The van der Waals surface area contributed by atoms with Gasteiger partial charge in [0.1, 0.15) is 0 Å². The number of benzene rings is 2. The van der Waals surface area contributed by atoms with Crippen molar-refractivity contribution in [1.82, 2.24) is 9.97 Å². The predicted molar refractivity (Wildman–Crippen MR) is 206 cm³/mol. The van der Waals surface area contributed by atoms with Gasteiger partial charge in [-0.25, -0.2) is 0 Å². The minimum absolute atomic E-state index is 0. The van der Waals surface area contributed by atoms with Crippen molar-refractivity contribution in [2.24, 2.45) is 17.8 Å². The fourth-order valence-corrected chi connectivity index (χ4v) is 7.24. The van der Waals surface area contributed by atoms with Crippen molar-refractivity contribution in [3.63, 3.8) is 0 Å². The summed E-state index contributed by atoms with van der Waals surface area (Å²) in [6.07, 6.45) is 9.90. The number of rotatable bonds is 11. The average Bonchev–Trinajstić information content (AvgIpc) is 3.48. The third-order valence-electron chi connectivity index (χ3n) is 9.12. The quantitative estimate of drug-likeness (QED) is 0.0817. The molecule has 0 aliphatic heterocycles. The Bertz CT molecular complexity index is 1860. The van der Waals surface area contributed by atoms with E-state index < -0.39 is 0 Å². The van der Waals surface area contributed by atoms with Crippen molar-refractivity contribution < 1.29 is 30.0 Å². The van der Waals surface area contributed by atoms with Gasteiger partial charge in [-0.05, 0) is 66.7 Å². The van der Waals surface area contributed by atoms with Gasteiger partial charge >= 0.3 is 0 Å². The molecule has 5 aromatic rings. The van der Waals surface area contributed by atoms with Crippen LogP contribution in [-0.4, -0.2) is 20.9 Å². The first-order valence-electron chi connectivity index (χ1n) is 17.6. The molecule has 0 spiro atoms. The molecule has 0 saturated carbocycles. The second-order valence-electron chi connectivity index (χ2n) is 14.3. The predicted octanol–water partition coefficient (Wildman–Crippen LogP) is 12.3. The van der Waals surface area contributed by atoms with E-state index in [1.165, 1.54) is 32.9 Å². The SMILES string of the molecule is CC(C)Cc1cnc2c(-c3ccnc(-c4[c-]c5ccccc5c(C(C)(C)C)c4)c3)csc2c1.CCC(CC)C(=O)/C=C(\O)C(CC)CC.[Ir]. The molecule has 3 aromatic heterocycles. The Labute approximate surface area is 311 Å². The summed E-state index contributed by atoms with van der Waals surface area (Å²) in [6.45, 7) is 19.4. The number of thiophene rings is 1. The van der Waals surface area contributed by atoms with Crippen LogP contribution in [0.2, 0.25) is 0 Å². The van der Waals surface area contributed by atoms with Crippen molar-refractivity contribution in [2.75, 3.05) is 0 Å². The molecule has 0 saturated heterocycles. The summed E-state index contributed by atoms with van der Waals surface area (Å²) in [5.41, 5.74) is 8.03. The first-order chi connectivity index (χ1) is 22.9. The molecule has 4 nitrogen and oxygen atoms in total. The Kier molecular flexibility index (Phi) is 14.9. The van der Waals surface area contributed by atoms with Gasteiger partial charge in [0.25, 0.3) is 0 Å². The van der Waals surface area contributed by atoms with Gasteiger partial charge < -0.3 is 5.11 Å². The summed E-state index contributed by atoms with van der Waals surface area (Å²) in [4.78, 5) is 21.3. The van der Waals surface area contributed by atoms with Gasteiger partial charge in [0.2, 0.25) is 0 Å². The number of hydrogen-bond donors (Lipinski definition) is 1. The topological polar surface area (TPSA) is 63.1 Å². The van der Waals surface area contributed by atoms with Crippen LogP contribution in [0.4, 0.5) is 0 Å². The number of carbonyl (C=O) groups is 1. The minimum atomic E-state index is 0. The summed E-state index contributed by atoms with van der Waals surface area (Å²) >= 11 is 1.77. The standard InChI is InChI=1S/C30H29N2S.C13H24O2.Ir/c1-19(2)12-20-13-28-29(32-17-20)25(18-33-28)22-10-11-31-27(16-22)23-14-21-8-6-7-9-24(21)26(15-23)30(3,4)5;1-5-10(6-2)12(14)9-13(15)11(7-3)8-4;/h6-11,13,15-19H,12H2,1-5H3;9-11,14H,5-8H2,1-4H3;/q-1;;/b;12-9-;. The molecule has 6 heteroatoms. The zero-order valence-electron chi connectivity index (χ0n) is 30.7. The minimum Gasteiger partial charge on any atom is -0.512 e. The molecule has 0 aliphatic rings. The van der Waals surface area contributed by atoms with Crippen LogP contribution in [0.5, 0.6) is 0 Å². The third-order valence-corrected chi connectivity index (χ3v) is 10.0. The van der Waals surface area contributed by atoms with Crippen molar-refractivity contribution >= 4 is 38.1 Å². The van der Waals surface area contributed by atoms with E-state index in [0.29, 0.717) is 5.92 Å². The van der Waals surface area contributed by atoms with Crippen LogP contribution in [-0.2, 0) is 36.7 Å². The van der Waals surface area contributed by atoms with E-state index in [9.17, 15) is 9.90 Å². The first-order valence-corrected chi connectivity index (χ1v) is 18.5. The van der Waals surface area contributed by atoms with Crippen LogP contribution in [0.1, 0.15) is 99.1 Å². The Balaban J connectivity index is 0.000000347. The Morgan fingerprint density at radius 2 is 1.61 bits per heavy atom. The van der Waals surface area contributed by atoms with E-state index >= 15 is 0 Å². The molecular formula is C43H53IrN2O2S-. The fraction of sp³-hybridized carbons (Fsp3) is 0.419. The van der Waals surface area contributed by atoms with Crippen molar-refractivity contribution in [3.8, 4) is 22.4 Å². The molecule has 0 fully saturated rings. The van der Waals surface area contributed by atoms with Gasteiger partial charge in [-0.2, -0.15) is 0 Å². The number of aliphatic hydroxyl groups excluding tert-OH is 1. The van der Waals surface area contributed by atoms with Crippen LogP contribution in [0.15, 0.2) is 78.1 Å². The number of carbonyl (C=O) groups excluding carboxylic acids is 1. The van der Waals surface area contributed by atoms with Crippen LogP contribution in [0, 0.1) is 23.8 Å². The van der Waals surface area contributed by atoms with Crippen LogP contribution < -0.4 is 0 Å². The average molecular weight is 854 g/mol. The summed E-state index contributed by atoms with van der Waals surface area (Å²) in [7, 11) is 0. The van der Waals surface area contributed by atoms with Gasteiger partial charge in [-0.1, -0.05) is 97.5 Å². The monoisotopic (exact) mass is 854 g/mol. The van der Waals surface area contributed by atoms with E-state index in [2.05, 4.69) is 94.6 Å². The third kappa shape index (κ3) is 10.2. The zero-order valence-corrected chi connectivity index (χ0v) is 33.9. The van der Waals surface area contributed by atoms with Gasteiger partial charge in [-0.15, -0.1) is 40.5 Å². The van der Waals surface area contributed by atoms with E-state index in [4.69, 9.17) is 9.97 Å².